The molecule has 0 N–H and O–H groups in total. The van der Waals surface area contributed by atoms with E-state index in [0.29, 0.717) is 5.92 Å². The number of fused-ring (bicyclic) bond motifs is 1. The second-order valence-electron chi connectivity index (χ2n) is 3.95. The molecule has 0 spiro atoms. The molecule has 2 heterocycles. The molecule has 2 rings (SSSR count). The second-order valence-corrected chi connectivity index (χ2v) is 4.83. The molecule has 0 saturated heterocycles. The van der Waals surface area contributed by atoms with E-state index >= 15 is 0 Å². The minimum Gasteiger partial charge on any atom is -0.349 e. The molecule has 0 aliphatic heterocycles. The average Bonchev–Trinajstić information content (AvgIpc) is 2.55. The van der Waals surface area contributed by atoms with Crippen LogP contribution in [0.5, 0.6) is 0 Å². The Hall–Kier alpha value is -0.760. The predicted octanol–water partition coefficient (Wildman–Crippen LogP) is 3.67. The summed E-state index contributed by atoms with van der Waals surface area (Å²) in [4.78, 5) is 0. The highest BCUT2D eigenvalue weighted by Gasteiger charge is 2.12. The summed E-state index contributed by atoms with van der Waals surface area (Å²) < 4.78 is 3.71. The molecule has 0 amide bonds. The van der Waals surface area contributed by atoms with E-state index < -0.39 is 0 Å². The minimum atomic E-state index is 0.627. The fourth-order valence-electron chi connectivity index (χ4n) is 1.82. The summed E-state index contributed by atoms with van der Waals surface area (Å²) in [6.45, 7) is 6.69. The third kappa shape index (κ3) is 1.20. The largest absolute Gasteiger partial charge is 0.349 e. The van der Waals surface area contributed by atoms with Crippen molar-refractivity contribution in [1.82, 2.24) is 4.57 Å². The van der Waals surface area contributed by atoms with Gasteiger partial charge in [-0.1, -0.05) is 13.8 Å². The van der Waals surface area contributed by atoms with E-state index in [9.17, 15) is 0 Å². The predicted molar refractivity (Wildman–Crippen MR) is 59.6 cm³/mol. The Balaban J connectivity index is 2.79. The first-order chi connectivity index (χ1) is 6.11. The third-order valence-corrected chi connectivity index (χ3v) is 3.65. The van der Waals surface area contributed by atoms with Crippen LogP contribution in [0.4, 0.5) is 0 Å². The van der Waals surface area contributed by atoms with Gasteiger partial charge in [0.25, 0.3) is 0 Å². The van der Waals surface area contributed by atoms with Gasteiger partial charge in [0, 0.05) is 13.2 Å². The van der Waals surface area contributed by atoms with Gasteiger partial charge in [-0.15, -0.1) is 11.3 Å². The summed E-state index contributed by atoms with van der Waals surface area (Å²) in [7, 11) is 2.13. The van der Waals surface area contributed by atoms with Crippen molar-refractivity contribution in [3.63, 3.8) is 0 Å². The molecule has 2 aromatic heterocycles. The molecule has 2 heteroatoms. The number of thiophene rings is 1. The Labute approximate surface area is 83.0 Å². The minimum absolute atomic E-state index is 0.627. The monoisotopic (exact) mass is 193 g/mol. The van der Waals surface area contributed by atoms with Crippen molar-refractivity contribution in [2.75, 3.05) is 0 Å². The van der Waals surface area contributed by atoms with Gasteiger partial charge in [0.2, 0.25) is 0 Å². The van der Waals surface area contributed by atoms with Crippen LogP contribution in [-0.4, -0.2) is 4.57 Å². The SMILES string of the molecule is Cc1csc2c(C(C)C)cn(C)c12. The molecule has 0 saturated carbocycles. The van der Waals surface area contributed by atoms with Crippen LogP contribution in [0.25, 0.3) is 10.2 Å². The van der Waals surface area contributed by atoms with Crippen molar-refractivity contribution in [2.45, 2.75) is 26.7 Å². The molecule has 0 fully saturated rings. The molecular weight excluding hydrogens is 178 g/mol. The standard InChI is InChI=1S/C11H15NS/c1-7(2)9-5-12(4)10-8(3)6-13-11(9)10/h5-7H,1-4H3. The smallest absolute Gasteiger partial charge is 0.0619 e. The van der Waals surface area contributed by atoms with E-state index in [2.05, 4.69) is 44.0 Å². The van der Waals surface area contributed by atoms with Gasteiger partial charge in [-0.25, -0.2) is 0 Å². The topological polar surface area (TPSA) is 4.93 Å². The maximum atomic E-state index is 2.26. The lowest BCUT2D eigenvalue weighted by Crippen LogP contribution is -1.85. The van der Waals surface area contributed by atoms with E-state index in [1.807, 2.05) is 11.3 Å². The molecule has 0 aliphatic carbocycles. The van der Waals surface area contributed by atoms with E-state index in [-0.39, 0.29) is 0 Å². The first kappa shape index (κ1) is 8.82. The first-order valence-corrected chi connectivity index (χ1v) is 5.52. The van der Waals surface area contributed by atoms with Crippen LogP contribution in [0.2, 0.25) is 0 Å². The van der Waals surface area contributed by atoms with Gasteiger partial charge in [0.05, 0.1) is 10.2 Å². The van der Waals surface area contributed by atoms with E-state index in [1.165, 1.54) is 21.3 Å². The summed E-state index contributed by atoms with van der Waals surface area (Å²) >= 11 is 1.87. The highest BCUT2D eigenvalue weighted by atomic mass is 32.1. The lowest BCUT2D eigenvalue weighted by molar-refractivity contribution is 0.857. The Bertz CT molecular complexity index is 434. The zero-order valence-electron chi connectivity index (χ0n) is 8.59. The van der Waals surface area contributed by atoms with Crippen LogP contribution >= 0.6 is 11.3 Å². The van der Waals surface area contributed by atoms with Crippen molar-refractivity contribution >= 4 is 21.6 Å². The Morgan fingerprint density at radius 2 is 2.08 bits per heavy atom. The van der Waals surface area contributed by atoms with E-state index in [0.717, 1.165) is 0 Å². The van der Waals surface area contributed by atoms with Crippen LogP contribution in [-0.2, 0) is 7.05 Å². The average molecular weight is 193 g/mol. The van der Waals surface area contributed by atoms with Crippen LogP contribution in [0.15, 0.2) is 11.6 Å². The zero-order chi connectivity index (χ0) is 9.59. The molecule has 70 valence electrons. The van der Waals surface area contributed by atoms with Crippen LogP contribution in [0.1, 0.15) is 30.9 Å². The van der Waals surface area contributed by atoms with Gasteiger partial charge in [-0.3, -0.25) is 0 Å². The van der Waals surface area contributed by atoms with Crippen molar-refractivity contribution < 1.29 is 0 Å². The third-order valence-electron chi connectivity index (χ3n) is 2.51. The summed E-state index contributed by atoms with van der Waals surface area (Å²) in [5.41, 5.74) is 4.29. The fourth-order valence-corrected chi connectivity index (χ4v) is 3.07. The van der Waals surface area contributed by atoms with E-state index in [4.69, 9.17) is 0 Å². The Morgan fingerprint density at radius 3 is 2.69 bits per heavy atom. The van der Waals surface area contributed by atoms with Crippen LogP contribution < -0.4 is 0 Å². The molecule has 0 aromatic carbocycles. The lowest BCUT2D eigenvalue weighted by Gasteiger charge is -1.98. The molecular formula is C11H15NS. The van der Waals surface area contributed by atoms with Crippen molar-refractivity contribution in [1.29, 1.82) is 0 Å². The zero-order valence-corrected chi connectivity index (χ0v) is 9.40. The number of hydrogen-bond acceptors (Lipinski definition) is 1. The highest BCUT2D eigenvalue weighted by Crippen LogP contribution is 2.33. The summed E-state index contributed by atoms with van der Waals surface area (Å²) in [5.74, 6) is 0.627. The Morgan fingerprint density at radius 1 is 1.38 bits per heavy atom. The normalized spacial score (nSPS) is 11.8. The van der Waals surface area contributed by atoms with Gasteiger partial charge in [-0.2, -0.15) is 0 Å². The first-order valence-electron chi connectivity index (χ1n) is 4.64. The molecule has 0 unspecified atom stereocenters. The molecule has 13 heavy (non-hydrogen) atoms. The number of aryl methyl sites for hydroxylation is 2. The number of nitrogens with zero attached hydrogens (tertiary/aromatic N) is 1. The lowest BCUT2D eigenvalue weighted by atomic mass is 10.1. The second kappa shape index (κ2) is 2.88. The van der Waals surface area contributed by atoms with E-state index in [1.54, 1.807) is 0 Å². The maximum Gasteiger partial charge on any atom is 0.0619 e. The van der Waals surface area contributed by atoms with Crippen LogP contribution in [0.3, 0.4) is 0 Å². The van der Waals surface area contributed by atoms with Crippen LogP contribution in [0, 0.1) is 6.92 Å². The van der Waals surface area contributed by atoms with Crippen molar-refractivity contribution in [3.8, 4) is 0 Å². The van der Waals surface area contributed by atoms with Gasteiger partial charge in [0.15, 0.2) is 0 Å². The Kier molecular flexibility index (Phi) is 1.95. The fraction of sp³-hybridized carbons (Fsp3) is 0.455. The van der Waals surface area contributed by atoms with Gasteiger partial charge < -0.3 is 4.57 Å². The molecule has 0 bridgehead atoms. The molecule has 1 nitrogen and oxygen atoms in total. The molecule has 0 radical (unpaired) electrons. The van der Waals surface area contributed by atoms with Crippen molar-refractivity contribution in [2.24, 2.45) is 7.05 Å². The number of aromatic nitrogens is 1. The molecule has 0 atom stereocenters. The van der Waals surface area contributed by atoms with Gasteiger partial charge in [0.1, 0.15) is 0 Å². The summed E-state index contributed by atoms with van der Waals surface area (Å²) in [6.07, 6.45) is 2.26. The molecule has 0 aliphatic rings. The maximum absolute atomic E-state index is 2.26. The van der Waals surface area contributed by atoms with Crippen molar-refractivity contribution in [3.05, 3.63) is 22.7 Å². The van der Waals surface area contributed by atoms with Gasteiger partial charge >= 0.3 is 0 Å². The molecule has 2 aromatic rings. The summed E-state index contributed by atoms with van der Waals surface area (Å²) in [6, 6.07) is 0. The summed E-state index contributed by atoms with van der Waals surface area (Å²) in [5, 5.41) is 2.25. The van der Waals surface area contributed by atoms with Gasteiger partial charge in [-0.05, 0) is 29.3 Å². The number of rotatable bonds is 1. The quantitative estimate of drug-likeness (QED) is 0.651. The highest BCUT2D eigenvalue weighted by molar-refractivity contribution is 7.17. The number of hydrogen-bond donors (Lipinski definition) is 0.